The lowest BCUT2D eigenvalue weighted by molar-refractivity contribution is -0.141. The van der Waals surface area contributed by atoms with Crippen molar-refractivity contribution in [2.45, 2.75) is 11.8 Å². The van der Waals surface area contributed by atoms with Crippen LogP contribution in [0.5, 0.6) is 0 Å². The van der Waals surface area contributed by atoms with Gasteiger partial charge in [-0.25, -0.2) is 8.42 Å². The molecule has 0 aliphatic rings. The van der Waals surface area contributed by atoms with Crippen LogP contribution in [0.4, 0.5) is 5.69 Å². The molecule has 0 aliphatic heterocycles. The molecular weight excluding hydrogens is 444 g/mol. The molecule has 2 rings (SSSR count). The lowest BCUT2D eigenvalue weighted by Crippen LogP contribution is -2.36. The summed E-state index contributed by atoms with van der Waals surface area (Å²) in [5, 5.41) is 0.383. The summed E-state index contributed by atoms with van der Waals surface area (Å²) in [6, 6.07) is 8.27. The van der Waals surface area contributed by atoms with E-state index in [0.717, 1.165) is 4.31 Å². The summed E-state index contributed by atoms with van der Waals surface area (Å²) in [4.78, 5) is 11.8. The van der Waals surface area contributed by atoms with Crippen LogP contribution >= 0.6 is 46.4 Å². The summed E-state index contributed by atoms with van der Waals surface area (Å²) < 4.78 is 31.9. The van der Waals surface area contributed by atoms with Gasteiger partial charge in [0.15, 0.2) is 0 Å². The minimum Gasteiger partial charge on any atom is -0.465 e. The molecule has 2 aromatic rings. The molecule has 0 aromatic heterocycles. The molecule has 140 valence electrons. The van der Waals surface area contributed by atoms with E-state index in [1.165, 1.54) is 36.4 Å². The highest BCUT2D eigenvalue weighted by molar-refractivity contribution is 7.92. The second kappa shape index (κ2) is 8.67. The first-order valence-corrected chi connectivity index (χ1v) is 10.2. The average Bonchev–Trinajstić information content (AvgIpc) is 2.58. The Morgan fingerprint density at radius 1 is 1.04 bits per heavy atom. The van der Waals surface area contributed by atoms with Crippen molar-refractivity contribution in [3.8, 4) is 0 Å². The Morgan fingerprint density at radius 3 is 2.35 bits per heavy atom. The minimum absolute atomic E-state index is 0.0119. The second-order valence-corrected chi connectivity index (χ2v) is 8.43. The summed E-state index contributed by atoms with van der Waals surface area (Å²) in [7, 11) is -4.20. The maximum atomic E-state index is 13.1. The summed E-state index contributed by atoms with van der Waals surface area (Å²) in [6.07, 6.45) is 0. The first kappa shape index (κ1) is 21.1. The zero-order chi connectivity index (χ0) is 19.5. The number of sulfonamides is 1. The number of rotatable bonds is 6. The molecule has 0 fully saturated rings. The van der Waals surface area contributed by atoms with E-state index in [0.29, 0.717) is 0 Å². The van der Waals surface area contributed by atoms with Gasteiger partial charge in [-0.2, -0.15) is 0 Å². The molecule has 0 aliphatic carbocycles. The third-order valence-electron chi connectivity index (χ3n) is 3.26. The Morgan fingerprint density at radius 2 is 1.73 bits per heavy atom. The van der Waals surface area contributed by atoms with Crippen molar-refractivity contribution in [1.82, 2.24) is 0 Å². The van der Waals surface area contributed by atoms with E-state index in [4.69, 9.17) is 51.1 Å². The number of carbonyl (C=O) groups is 1. The van der Waals surface area contributed by atoms with Crippen molar-refractivity contribution in [3.63, 3.8) is 0 Å². The maximum Gasteiger partial charge on any atom is 0.326 e. The molecule has 0 amide bonds. The zero-order valence-corrected chi connectivity index (χ0v) is 17.2. The van der Waals surface area contributed by atoms with Crippen molar-refractivity contribution in [3.05, 3.63) is 56.5 Å². The fourth-order valence-electron chi connectivity index (χ4n) is 2.07. The first-order chi connectivity index (χ1) is 12.2. The summed E-state index contributed by atoms with van der Waals surface area (Å²) in [6.45, 7) is 1.13. The SMILES string of the molecule is CCOC(=O)CN(c1cccc(Cl)c1Cl)S(=O)(=O)c1ccc(Cl)c(Cl)c1. The van der Waals surface area contributed by atoms with Gasteiger partial charge in [0.1, 0.15) is 6.54 Å². The standard InChI is InChI=1S/C16H13Cl4NO4S/c1-2-25-15(22)9-21(14-5-3-4-12(18)16(14)20)26(23,24)10-6-7-11(17)13(19)8-10/h3-8H,2,9H2,1H3. The number of esters is 1. The smallest absolute Gasteiger partial charge is 0.326 e. The van der Waals surface area contributed by atoms with Gasteiger partial charge in [-0.3, -0.25) is 9.10 Å². The van der Waals surface area contributed by atoms with Crippen molar-refractivity contribution in [2.24, 2.45) is 0 Å². The first-order valence-electron chi connectivity index (χ1n) is 7.26. The summed E-state index contributed by atoms with van der Waals surface area (Å²) in [5.74, 6) is -0.743. The van der Waals surface area contributed by atoms with Gasteiger partial charge in [0.2, 0.25) is 0 Å². The average molecular weight is 457 g/mol. The van der Waals surface area contributed by atoms with Gasteiger partial charge in [-0.1, -0.05) is 52.5 Å². The van der Waals surface area contributed by atoms with Crippen molar-refractivity contribution in [2.75, 3.05) is 17.5 Å². The second-order valence-electron chi connectivity index (χ2n) is 4.97. The molecule has 0 unspecified atom stereocenters. The zero-order valence-electron chi connectivity index (χ0n) is 13.4. The highest BCUT2D eigenvalue weighted by Crippen LogP contribution is 2.36. The Kier molecular flexibility index (Phi) is 7.05. The van der Waals surface area contributed by atoms with Crippen LogP contribution < -0.4 is 4.31 Å². The number of halogens is 4. The molecule has 0 atom stereocenters. The van der Waals surface area contributed by atoms with Crippen LogP contribution in [-0.4, -0.2) is 27.5 Å². The molecule has 10 heteroatoms. The predicted octanol–water partition coefficient (Wildman–Crippen LogP) is 5.06. The molecule has 5 nitrogen and oxygen atoms in total. The molecule has 0 saturated heterocycles. The molecular formula is C16H13Cl4NO4S. The molecule has 2 aromatic carbocycles. The van der Waals surface area contributed by atoms with Gasteiger partial charge in [0, 0.05) is 0 Å². The van der Waals surface area contributed by atoms with Gasteiger partial charge in [0.25, 0.3) is 10.0 Å². The third-order valence-corrected chi connectivity index (χ3v) is 6.56. The Bertz CT molecular complexity index is 934. The van der Waals surface area contributed by atoms with Crippen molar-refractivity contribution < 1.29 is 17.9 Å². The number of carbonyl (C=O) groups excluding carboxylic acids is 1. The lowest BCUT2D eigenvalue weighted by atomic mass is 10.3. The Hall–Kier alpha value is -1.18. The van der Waals surface area contributed by atoms with Crippen LogP contribution in [-0.2, 0) is 19.6 Å². The van der Waals surface area contributed by atoms with Crippen LogP contribution in [0.15, 0.2) is 41.3 Å². The fraction of sp³-hybridized carbons (Fsp3) is 0.188. The highest BCUT2D eigenvalue weighted by atomic mass is 35.5. The quantitative estimate of drug-likeness (QED) is 0.570. The Labute approximate surface area is 171 Å². The van der Waals surface area contributed by atoms with Gasteiger partial charge < -0.3 is 4.74 Å². The number of hydrogen-bond donors (Lipinski definition) is 0. The monoisotopic (exact) mass is 455 g/mol. The van der Waals surface area contributed by atoms with E-state index < -0.39 is 22.5 Å². The van der Waals surface area contributed by atoms with Crippen molar-refractivity contribution in [1.29, 1.82) is 0 Å². The molecule has 26 heavy (non-hydrogen) atoms. The van der Waals surface area contributed by atoms with Crippen LogP contribution in [0.2, 0.25) is 20.1 Å². The predicted molar refractivity (Wildman–Crippen MR) is 104 cm³/mol. The van der Waals surface area contributed by atoms with Crippen molar-refractivity contribution >= 4 is 68.1 Å². The van der Waals surface area contributed by atoms with E-state index in [1.807, 2.05) is 0 Å². The molecule has 0 bridgehead atoms. The molecule has 0 N–H and O–H groups in total. The maximum absolute atomic E-state index is 13.1. The number of nitrogens with zero attached hydrogens (tertiary/aromatic N) is 1. The van der Waals surface area contributed by atoms with Crippen LogP contribution in [0.25, 0.3) is 0 Å². The molecule has 0 radical (unpaired) electrons. The van der Waals surface area contributed by atoms with E-state index >= 15 is 0 Å². The number of hydrogen-bond acceptors (Lipinski definition) is 4. The number of anilines is 1. The number of benzene rings is 2. The molecule has 0 spiro atoms. The third kappa shape index (κ3) is 4.56. The van der Waals surface area contributed by atoms with E-state index in [9.17, 15) is 13.2 Å². The fourth-order valence-corrected chi connectivity index (χ4v) is 4.33. The van der Waals surface area contributed by atoms with Gasteiger partial charge in [0.05, 0.1) is 37.3 Å². The minimum atomic E-state index is -4.20. The normalized spacial score (nSPS) is 11.3. The Balaban J connectivity index is 2.60. The van der Waals surface area contributed by atoms with Gasteiger partial charge in [-0.05, 0) is 37.3 Å². The highest BCUT2D eigenvalue weighted by Gasteiger charge is 2.30. The van der Waals surface area contributed by atoms with E-state index in [1.54, 1.807) is 6.92 Å². The van der Waals surface area contributed by atoms with Crippen LogP contribution in [0.1, 0.15) is 6.92 Å². The molecule has 0 heterocycles. The van der Waals surface area contributed by atoms with Gasteiger partial charge >= 0.3 is 5.97 Å². The van der Waals surface area contributed by atoms with Gasteiger partial charge in [-0.15, -0.1) is 0 Å². The summed E-state index contributed by atoms with van der Waals surface area (Å²) in [5.41, 5.74) is 0.0401. The van der Waals surface area contributed by atoms with E-state index in [-0.39, 0.29) is 37.3 Å². The van der Waals surface area contributed by atoms with E-state index in [2.05, 4.69) is 0 Å². The summed E-state index contributed by atoms with van der Waals surface area (Å²) >= 11 is 23.9. The molecule has 0 saturated carbocycles. The topological polar surface area (TPSA) is 63.7 Å². The van der Waals surface area contributed by atoms with Crippen LogP contribution in [0.3, 0.4) is 0 Å². The largest absolute Gasteiger partial charge is 0.465 e. The lowest BCUT2D eigenvalue weighted by Gasteiger charge is -2.25. The number of ether oxygens (including phenoxy) is 1. The van der Waals surface area contributed by atoms with Crippen LogP contribution in [0, 0.1) is 0 Å².